The Balaban J connectivity index is 2.07. The van der Waals surface area contributed by atoms with Crippen LogP contribution < -0.4 is 0 Å². The van der Waals surface area contributed by atoms with Gasteiger partial charge in [-0.15, -0.1) is 0 Å². The fraction of sp³-hybridized carbons (Fsp3) is 0.357. The van der Waals surface area contributed by atoms with E-state index in [1.165, 1.54) is 0 Å². The van der Waals surface area contributed by atoms with Crippen molar-refractivity contribution >= 4 is 16.8 Å². The number of hydrogen-bond acceptors (Lipinski definition) is 1. The topological polar surface area (TPSA) is 25.2 Å². The number of rotatable bonds is 1. The number of para-hydroxylation sites is 1. The highest BCUT2D eigenvalue weighted by molar-refractivity contribution is 5.99. The zero-order valence-electron chi connectivity index (χ0n) is 10.8. The van der Waals surface area contributed by atoms with Gasteiger partial charge in [0.2, 0.25) is 0 Å². The molecular formula is C14H13F3N2O. The molecule has 3 rings (SSSR count). The summed E-state index contributed by atoms with van der Waals surface area (Å²) in [5, 5.41) is 0.872. The third kappa shape index (κ3) is 2.05. The van der Waals surface area contributed by atoms with Gasteiger partial charge in [-0.3, -0.25) is 4.79 Å². The van der Waals surface area contributed by atoms with Crippen LogP contribution in [0, 0.1) is 0 Å². The second-order valence-electron chi connectivity index (χ2n) is 5.11. The lowest BCUT2D eigenvalue weighted by atomic mass is 10.2. The number of carbonyl (C=O) groups is 1. The zero-order chi connectivity index (χ0) is 14.5. The second kappa shape index (κ2) is 4.26. The summed E-state index contributed by atoms with van der Waals surface area (Å²) < 4.78 is 39.4. The average molecular weight is 282 g/mol. The average Bonchev–Trinajstić information content (AvgIpc) is 2.73. The quantitative estimate of drug-likeness (QED) is 0.788. The van der Waals surface area contributed by atoms with Crippen molar-refractivity contribution in [3.05, 3.63) is 36.0 Å². The molecule has 0 saturated carbocycles. The molecule has 0 bridgehead atoms. The Morgan fingerprint density at radius 1 is 1.30 bits per heavy atom. The van der Waals surface area contributed by atoms with Crippen molar-refractivity contribution in [2.75, 3.05) is 13.1 Å². The minimum absolute atomic E-state index is 0.0734. The smallest absolute Gasteiger partial charge is 0.332 e. The van der Waals surface area contributed by atoms with E-state index in [0.717, 1.165) is 15.8 Å². The van der Waals surface area contributed by atoms with Gasteiger partial charge in [-0.25, -0.2) is 0 Å². The van der Waals surface area contributed by atoms with Gasteiger partial charge in [-0.1, -0.05) is 18.2 Å². The van der Waals surface area contributed by atoms with Crippen molar-refractivity contribution in [3.63, 3.8) is 0 Å². The molecule has 1 aromatic carbocycles. The summed E-state index contributed by atoms with van der Waals surface area (Å²) >= 11 is 0. The van der Waals surface area contributed by atoms with Crippen LogP contribution in [0.5, 0.6) is 0 Å². The van der Waals surface area contributed by atoms with Gasteiger partial charge in [0.25, 0.3) is 5.91 Å². The molecule has 1 aliphatic heterocycles. The molecule has 0 radical (unpaired) electrons. The number of alkyl halides is 3. The molecule has 3 nitrogen and oxygen atoms in total. The van der Waals surface area contributed by atoms with Crippen molar-refractivity contribution in [2.45, 2.75) is 19.1 Å². The molecule has 0 aliphatic carbocycles. The molecular weight excluding hydrogens is 269 g/mol. The standard InChI is InChI=1S/C14H13F3N2O/c1-9-7-18(8-14(15,16)17)13(20)12-6-10-4-2-3-5-11(10)19(9)12/h2-6,9H,7-8H2,1H3. The molecule has 106 valence electrons. The first kappa shape index (κ1) is 13.0. The molecule has 1 amide bonds. The van der Waals surface area contributed by atoms with Crippen molar-refractivity contribution in [2.24, 2.45) is 0 Å². The predicted octanol–water partition coefficient (Wildman–Crippen LogP) is 3.22. The Morgan fingerprint density at radius 2 is 2.00 bits per heavy atom. The van der Waals surface area contributed by atoms with Gasteiger partial charge in [0.05, 0.1) is 0 Å². The molecule has 2 heterocycles. The Hall–Kier alpha value is -1.98. The van der Waals surface area contributed by atoms with Crippen LogP contribution in [0.4, 0.5) is 13.2 Å². The highest BCUT2D eigenvalue weighted by Crippen LogP contribution is 2.30. The fourth-order valence-electron chi connectivity index (χ4n) is 2.81. The molecule has 1 aliphatic rings. The number of nitrogens with zero attached hydrogens (tertiary/aromatic N) is 2. The lowest BCUT2D eigenvalue weighted by molar-refractivity contribution is -0.142. The van der Waals surface area contributed by atoms with Gasteiger partial charge in [0, 0.05) is 23.5 Å². The maximum absolute atomic E-state index is 12.5. The Morgan fingerprint density at radius 3 is 2.70 bits per heavy atom. The molecule has 1 atom stereocenters. The van der Waals surface area contributed by atoms with E-state index in [4.69, 9.17) is 0 Å². The van der Waals surface area contributed by atoms with Crippen LogP contribution in [0.3, 0.4) is 0 Å². The van der Waals surface area contributed by atoms with E-state index < -0.39 is 18.6 Å². The fourth-order valence-corrected chi connectivity index (χ4v) is 2.81. The normalized spacial score (nSPS) is 19.5. The summed E-state index contributed by atoms with van der Waals surface area (Å²) in [5.74, 6) is -0.559. The first-order chi connectivity index (χ1) is 9.37. The van der Waals surface area contributed by atoms with E-state index in [1.807, 2.05) is 35.8 Å². The number of halogens is 3. The summed E-state index contributed by atoms with van der Waals surface area (Å²) in [6.45, 7) is 0.702. The molecule has 0 fully saturated rings. The maximum Gasteiger partial charge on any atom is 0.406 e. The number of aromatic nitrogens is 1. The largest absolute Gasteiger partial charge is 0.406 e. The molecule has 0 N–H and O–H groups in total. The summed E-state index contributed by atoms with van der Waals surface area (Å²) in [5.41, 5.74) is 1.21. The molecule has 20 heavy (non-hydrogen) atoms. The predicted molar refractivity (Wildman–Crippen MR) is 68.6 cm³/mol. The monoisotopic (exact) mass is 282 g/mol. The van der Waals surface area contributed by atoms with E-state index in [1.54, 1.807) is 6.07 Å². The van der Waals surface area contributed by atoms with Crippen LogP contribution in [0.2, 0.25) is 0 Å². The van der Waals surface area contributed by atoms with Gasteiger partial charge in [-0.2, -0.15) is 13.2 Å². The summed E-state index contributed by atoms with van der Waals surface area (Å²) in [7, 11) is 0. The first-order valence-electron chi connectivity index (χ1n) is 6.33. The highest BCUT2D eigenvalue weighted by atomic mass is 19.4. The third-order valence-electron chi connectivity index (χ3n) is 3.55. The van der Waals surface area contributed by atoms with Crippen LogP contribution in [-0.2, 0) is 0 Å². The minimum Gasteiger partial charge on any atom is -0.332 e. The molecule has 1 unspecified atom stereocenters. The summed E-state index contributed by atoms with van der Waals surface area (Å²) in [6.07, 6.45) is -4.37. The number of carbonyl (C=O) groups excluding carboxylic acids is 1. The van der Waals surface area contributed by atoms with Crippen LogP contribution >= 0.6 is 0 Å². The number of benzene rings is 1. The number of fused-ring (bicyclic) bond motifs is 3. The van der Waals surface area contributed by atoms with Crippen LogP contribution in [0.15, 0.2) is 30.3 Å². The van der Waals surface area contributed by atoms with Crippen molar-refractivity contribution in [1.29, 1.82) is 0 Å². The van der Waals surface area contributed by atoms with Crippen LogP contribution in [0.1, 0.15) is 23.5 Å². The maximum atomic E-state index is 12.5. The lowest BCUT2D eigenvalue weighted by Gasteiger charge is -2.33. The Labute approximate surface area is 113 Å². The highest BCUT2D eigenvalue weighted by Gasteiger charge is 2.38. The summed E-state index contributed by atoms with van der Waals surface area (Å²) in [4.78, 5) is 13.1. The summed E-state index contributed by atoms with van der Waals surface area (Å²) in [6, 6.07) is 8.92. The van der Waals surface area contributed by atoms with Crippen LogP contribution in [0.25, 0.3) is 10.9 Å². The number of hydrogen-bond donors (Lipinski definition) is 0. The number of amides is 1. The van der Waals surface area contributed by atoms with E-state index in [0.29, 0.717) is 5.69 Å². The Bertz CT molecular complexity index is 675. The van der Waals surface area contributed by atoms with Gasteiger partial charge < -0.3 is 9.47 Å². The van der Waals surface area contributed by atoms with E-state index in [2.05, 4.69) is 0 Å². The molecule has 1 aromatic heterocycles. The van der Waals surface area contributed by atoms with Crippen molar-refractivity contribution in [3.8, 4) is 0 Å². The third-order valence-corrected chi connectivity index (χ3v) is 3.55. The van der Waals surface area contributed by atoms with Gasteiger partial charge in [0.1, 0.15) is 12.2 Å². The van der Waals surface area contributed by atoms with Gasteiger partial charge in [-0.05, 0) is 19.1 Å². The SMILES string of the molecule is CC1CN(CC(F)(F)F)C(=O)c2cc3ccccc3n21. The molecule has 2 aromatic rings. The van der Waals surface area contributed by atoms with Gasteiger partial charge >= 0.3 is 6.18 Å². The van der Waals surface area contributed by atoms with Crippen LogP contribution in [-0.4, -0.2) is 34.6 Å². The van der Waals surface area contributed by atoms with E-state index in [9.17, 15) is 18.0 Å². The van der Waals surface area contributed by atoms with Gasteiger partial charge in [0.15, 0.2) is 0 Å². The lowest BCUT2D eigenvalue weighted by Crippen LogP contribution is -2.46. The molecule has 0 spiro atoms. The van der Waals surface area contributed by atoms with Crippen molar-refractivity contribution < 1.29 is 18.0 Å². The van der Waals surface area contributed by atoms with E-state index >= 15 is 0 Å². The zero-order valence-corrected chi connectivity index (χ0v) is 10.8. The second-order valence-corrected chi connectivity index (χ2v) is 5.11. The first-order valence-corrected chi connectivity index (χ1v) is 6.33. The Kier molecular flexibility index (Phi) is 2.77. The molecule has 0 saturated heterocycles. The van der Waals surface area contributed by atoms with E-state index in [-0.39, 0.29) is 12.6 Å². The molecule has 6 heteroatoms. The minimum atomic E-state index is -4.37. The van der Waals surface area contributed by atoms with Crippen molar-refractivity contribution in [1.82, 2.24) is 9.47 Å².